The maximum absolute atomic E-state index is 13.0. The molecule has 1 saturated carbocycles. The van der Waals surface area contributed by atoms with Crippen molar-refractivity contribution in [3.8, 4) is 5.75 Å². The van der Waals surface area contributed by atoms with Crippen LogP contribution in [0.3, 0.4) is 0 Å². The number of nitrogens with zero attached hydrogens (tertiary/aromatic N) is 1. The maximum Gasteiger partial charge on any atom is 0.261 e. The van der Waals surface area contributed by atoms with Crippen LogP contribution in [-0.4, -0.2) is 51.4 Å². The summed E-state index contributed by atoms with van der Waals surface area (Å²) in [7, 11) is -3.80. The summed E-state index contributed by atoms with van der Waals surface area (Å²) >= 11 is 0. The molecule has 2 aromatic carbocycles. The minimum absolute atomic E-state index is 0.0196. The van der Waals surface area contributed by atoms with Crippen molar-refractivity contribution in [3.05, 3.63) is 54.1 Å². The summed E-state index contributed by atoms with van der Waals surface area (Å²) in [6.07, 6.45) is 3.90. The summed E-state index contributed by atoms with van der Waals surface area (Å²) in [6.45, 7) is 4.10. The predicted molar refractivity (Wildman–Crippen MR) is 129 cm³/mol. The molecule has 1 atom stereocenters. The lowest BCUT2D eigenvalue weighted by molar-refractivity contribution is -0.126. The number of amides is 2. The molecule has 2 amide bonds. The second kappa shape index (κ2) is 10.5. The lowest BCUT2D eigenvalue weighted by Gasteiger charge is -2.32. The Bertz CT molecular complexity index is 1110. The fraction of sp³-hybridized carbons (Fsp3) is 0.440. The number of hydrogen-bond donors (Lipinski definition) is 2. The Morgan fingerprint density at radius 1 is 1.03 bits per heavy atom. The molecule has 2 N–H and O–H groups in total. The van der Waals surface area contributed by atoms with Gasteiger partial charge >= 0.3 is 0 Å². The molecule has 0 bridgehead atoms. The average molecular weight is 486 g/mol. The van der Waals surface area contributed by atoms with E-state index in [0.29, 0.717) is 42.6 Å². The molecule has 2 aromatic rings. The average Bonchev–Trinajstić information content (AvgIpc) is 3.68. The first-order chi connectivity index (χ1) is 16.4. The van der Waals surface area contributed by atoms with Gasteiger partial charge in [0.05, 0.1) is 17.4 Å². The maximum atomic E-state index is 13.0. The van der Waals surface area contributed by atoms with Gasteiger partial charge in [0, 0.05) is 30.9 Å². The number of anilines is 1. The van der Waals surface area contributed by atoms with Crippen molar-refractivity contribution in [1.82, 2.24) is 10.2 Å². The highest BCUT2D eigenvalue weighted by Gasteiger charge is 2.30. The van der Waals surface area contributed by atoms with Gasteiger partial charge in [-0.15, -0.1) is 0 Å². The minimum atomic E-state index is -3.80. The first-order valence-electron chi connectivity index (χ1n) is 11.8. The fourth-order valence-electron chi connectivity index (χ4n) is 4.05. The molecule has 182 valence electrons. The van der Waals surface area contributed by atoms with E-state index in [2.05, 4.69) is 10.0 Å². The van der Waals surface area contributed by atoms with Crippen LogP contribution in [0.25, 0.3) is 0 Å². The third kappa shape index (κ3) is 6.08. The highest BCUT2D eigenvalue weighted by atomic mass is 32.2. The normalized spacial score (nSPS) is 18.3. The van der Waals surface area contributed by atoms with Crippen LogP contribution in [0.2, 0.25) is 0 Å². The summed E-state index contributed by atoms with van der Waals surface area (Å²) < 4.78 is 33.4. The van der Waals surface area contributed by atoms with E-state index in [-0.39, 0.29) is 22.6 Å². The molecule has 9 heteroatoms. The van der Waals surface area contributed by atoms with E-state index >= 15 is 0 Å². The quantitative estimate of drug-likeness (QED) is 0.567. The zero-order valence-electron chi connectivity index (χ0n) is 19.3. The van der Waals surface area contributed by atoms with Crippen molar-refractivity contribution in [2.75, 3.05) is 31.0 Å². The van der Waals surface area contributed by atoms with Crippen molar-refractivity contribution in [3.63, 3.8) is 0 Å². The summed E-state index contributed by atoms with van der Waals surface area (Å²) in [5.74, 6) is 0.904. The Morgan fingerprint density at radius 2 is 1.74 bits per heavy atom. The minimum Gasteiger partial charge on any atom is -0.494 e. The van der Waals surface area contributed by atoms with Crippen LogP contribution in [0.15, 0.2) is 53.4 Å². The summed E-state index contributed by atoms with van der Waals surface area (Å²) in [5, 5.41) is 3.01. The lowest BCUT2D eigenvalue weighted by atomic mass is 9.96. The molecule has 8 nitrogen and oxygen atoms in total. The molecule has 1 aliphatic heterocycles. The summed E-state index contributed by atoms with van der Waals surface area (Å²) in [6, 6.07) is 12.5. The highest BCUT2D eigenvalue weighted by Crippen LogP contribution is 2.28. The molecule has 1 unspecified atom stereocenters. The zero-order chi connectivity index (χ0) is 24.1. The number of rotatable bonds is 9. The molecule has 2 fully saturated rings. The van der Waals surface area contributed by atoms with Crippen LogP contribution >= 0.6 is 0 Å². The van der Waals surface area contributed by atoms with Gasteiger partial charge in [0.25, 0.3) is 15.9 Å². The molecule has 34 heavy (non-hydrogen) atoms. The molecule has 4 rings (SSSR count). The van der Waals surface area contributed by atoms with Gasteiger partial charge in [-0.05, 0) is 87.1 Å². The molecule has 0 spiro atoms. The van der Waals surface area contributed by atoms with E-state index in [1.807, 2.05) is 6.92 Å². The third-order valence-electron chi connectivity index (χ3n) is 6.17. The van der Waals surface area contributed by atoms with Gasteiger partial charge in [-0.2, -0.15) is 0 Å². The van der Waals surface area contributed by atoms with E-state index in [4.69, 9.17) is 4.74 Å². The first-order valence-corrected chi connectivity index (χ1v) is 13.3. The molecular weight excluding hydrogens is 454 g/mol. The molecular formula is C25H31N3O5S. The van der Waals surface area contributed by atoms with Crippen LogP contribution in [0.4, 0.5) is 5.69 Å². The van der Waals surface area contributed by atoms with Crippen LogP contribution < -0.4 is 14.8 Å². The van der Waals surface area contributed by atoms with Crippen molar-refractivity contribution in [2.45, 2.75) is 37.5 Å². The van der Waals surface area contributed by atoms with Crippen molar-refractivity contribution < 1.29 is 22.7 Å². The van der Waals surface area contributed by atoms with E-state index in [0.717, 1.165) is 19.4 Å². The smallest absolute Gasteiger partial charge is 0.261 e. The lowest BCUT2D eigenvalue weighted by Crippen LogP contribution is -2.45. The zero-order valence-corrected chi connectivity index (χ0v) is 20.1. The Labute approximate surface area is 200 Å². The molecule has 0 radical (unpaired) electrons. The van der Waals surface area contributed by atoms with Crippen LogP contribution in [0.5, 0.6) is 5.75 Å². The van der Waals surface area contributed by atoms with Gasteiger partial charge in [0.2, 0.25) is 5.91 Å². The van der Waals surface area contributed by atoms with Gasteiger partial charge in [-0.1, -0.05) is 0 Å². The van der Waals surface area contributed by atoms with E-state index < -0.39 is 10.0 Å². The number of piperidine rings is 1. The molecule has 1 heterocycles. The first kappa shape index (κ1) is 24.1. The van der Waals surface area contributed by atoms with Crippen LogP contribution in [0.1, 0.15) is 43.0 Å². The molecule has 2 aliphatic rings. The standard InChI is InChI=1S/C25H31N3O5S/c1-2-33-22-11-9-21(10-12-22)27-34(31,32)23-13-7-19(8-14-23)25(30)28-15-3-4-20(17-28)24(29)26-16-18-5-6-18/h7-14,18,20,27H,2-6,15-17H2,1H3,(H,26,29). The number of carbonyl (C=O) groups excluding carboxylic acids is 2. The van der Waals surface area contributed by atoms with Crippen LogP contribution in [0, 0.1) is 11.8 Å². The molecule has 1 saturated heterocycles. The fourth-order valence-corrected chi connectivity index (χ4v) is 5.10. The van der Waals surface area contributed by atoms with Crippen molar-refractivity contribution >= 4 is 27.5 Å². The van der Waals surface area contributed by atoms with Crippen molar-refractivity contribution in [2.24, 2.45) is 11.8 Å². The highest BCUT2D eigenvalue weighted by molar-refractivity contribution is 7.92. The Hall–Kier alpha value is -3.07. The van der Waals surface area contributed by atoms with E-state index in [9.17, 15) is 18.0 Å². The second-order valence-corrected chi connectivity index (χ2v) is 10.5. The Balaban J connectivity index is 1.36. The SMILES string of the molecule is CCOc1ccc(NS(=O)(=O)c2ccc(C(=O)N3CCCC(C(=O)NCC4CC4)C3)cc2)cc1. The Kier molecular flexibility index (Phi) is 7.41. The third-order valence-corrected chi connectivity index (χ3v) is 7.57. The number of likely N-dealkylation sites (tertiary alicyclic amines) is 1. The second-order valence-electron chi connectivity index (χ2n) is 8.87. The number of benzene rings is 2. The Morgan fingerprint density at radius 3 is 2.38 bits per heavy atom. The van der Waals surface area contributed by atoms with Gasteiger partial charge in [0.1, 0.15) is 5.75 Å². The van der Waals surface area contributed by atoms with Gasteiger partial charge in [-0.3, -0.25) is 14.3 Å². The monoisotopic (exact) mass is 485 g/mol. The topological polar surface area (TPSA) is 105 Å². The van der Waals surface area contributed by atoms with Gasteiger partial charge in [-0.25, -0.2) is 8.42 Å². The number of sulfonamides is 1. The largest absolute Gasteiger partial charge is 0.494 e. The van der Waals surface area contributed by atoms with E-state index in [1.165, 1.54) is 37.1 Å². The number of ether oxygens (including phenoxy) is 1. The summed E-state index contributed by atoms with van der Waals surface area (Å²) in [4.78, 5) is 27.2. The number of nitrogens with one attached hydrogen (secondary N) is 2. The predicted octanol–water partition coefficient (Wildman–Crippen LogP) is 3.26. The molecule has 1 aliphatic carbocycles. The molecule has 0 aromatic heterocycles. The van der Waals surface area contributed by atoms with E-state index in [1.54, 1.807) is 29.2 Å². The van der Waals surface area contributed by atoms with Crippen molar-refractivity contribution in [1.29, 1.82) is 0 Å². The van der Waals surface area contributed by atoms with Gasteiger partial charge in [0.15, 0.2) is 0 Å². The van der Waals surface area contributed by atoms with Crippen LogP contribution in [-0.2, 0) is 14.8 Å². The number of carbonyl (C=O) groups is 2. The van der Waals surface area contributed by atoms with Gasteiger partial charge < -0.3 is 15.0 Å². The number of hydrogen-bond acceptors (Lipinski definition) is 5. The summed E-state index contributed by atoms with van der Waals surface area (Å²) in [5.41, 5.74) is 0.821.